The van der Waals surface area contributed by atoms with Gasteiger partial charge in [-0.1, -0.05) is 0 Å². The Hall–Kier alpha value is -1.62. The average molecular weight is 279 g/mol. The summed E-state index contributed by atoms with van der Waals surface area (Å²) in [4.78, 5) is 14.2. The van der Waals surface area contributed by atoms with E-state index in [-0.39, 0.29) is 11.6 Å². The number of rotatable bonds is 4. The molecule has 4 nitrogen and oxygen atoms in total. The number of amides is 1. The third kappa shape index (κ3) is 3.93. The zero-order chi connectivity index (χ0) is 14.5. The van der Waals surface area contributed by atoms with Gasteiger partial charge in [-0.3, -0.25) is 4.79 Å². The maximum Gasteiger partial charge on any atom is 0.251 e. The summed E-state index contributed by atoms with van der Waals surface area (Å²) in [6.45, 7) is 2.92. The van der Waals surface area contributed by atoms with Gasteiger partial charge in [0.05, 0.1) is 5.69 Å². The van der Waals surface area contributed by atoms with Crippen LogP contribution in [0.5, 0.6) is 0 Å². The number of carbonyl (C=O) groups is 1. The Balaban J connectivity index is 1.76. The highest BCUT2D eigenvalue weighted by Gasteiger charge is 2.16. The minimum absolute atomic E-state index is 0.00738. The summed E-state index contributed by atoms with van der Waals surface area (Å²) in [6.07, 6.45) is 3.38. The summed E-state index contributed by atoms with van der Waals surface area (Å²) in [5.74, 6) is 0.00212. The molecule has 2 rings (SSSR count). The van der Waals surface area contributed by atoms with E-state index in [0.717, 1.165) is 19.5 Å². The van der Waals surface area contributed by atoms with Crippen molar-refractivity contribution in [2.75, 3.05) is 32.4 Å². The molecule has 0 unspecified atom stereocenters. The fourth-order valence-electron chi connectivity index (χ4n) is 2.53. The Kier molecular flexibility index (Phi) is 4.95. The van der Waals surface area contributed by atoms with Crippen LogP contribution in [0.1, 0.15) is 29.6 Å². The van der Waals surface area contributed by atoms with Crippen molar-refractivity contribution in [2.24, 2.45) is 5.92 Å². The SMILES string of the molecule is CN1CCC(CCNC(=O)c2ccc(F)c(N)c2)CC1. The molecule has 3 N–H and O–H groups in total. The second-order valence-corrected chi connectivity index (χ2v) is 5.53. The summed E-state index contributed by atoms with van der Waals surface area (Å²) in [6, 6.07) is 4.05. The zero-order valence-corrected chi connectivity index (χ0v) is 11.9. The highest BCUT2D eigenvalue weighted by Crippen LogP contribution is 2.19. The van der Waals surface area contributed by atoms with Crippen LogP contribution < -0.4 is 11.1 Å². The molecule has 0 atom stereocenters. The molecule has 1 amide bonds. The van der Waals surface area contributed by atoms with Crippen LogP contribution in [0.4, 0.5) is 10.1 Å². The van der Waals surface area contributed by atoms with Gasteiger partial charge in [-0.25, -0.2) is 4.39 Å². The Labute approximate surface area is 119 Å². The van der Waals surface area contributed by atoms with Crippen molar-refractivity contribution in [1.29, 1.82) is 0 Å². The molecule has 1 saturated heterocycles. The van der Waals surface area contributed by atoms with Crippen LogP contribution >= 0.6 is 0 Å². The van der Waals surface area contributed by atoms with Crippen molar-refractivity contribution in [1.82, 2.24) is 10.2 Å². The van der Waals surface area contributed by atoms with E-state index in [0.29, 0.717) is 18.0 Å². The lowest BCUT2D eigenvalue weighted by Gasteiger charge is -2.28. The smallest absolute Gasteiger partial charge is 0.251 e. The van der Waals surface area contributed by atoms with Gasteiger partial charge < -0.3 is 16.0 Å². The molecule has 0 spiro atoms. The second-order valence-electron chi connectivity index (χ2n) is 5.53. The van der Waals surface area contributed by atoms with Crippen molar-refractivity contribution in [2.45, 2.75) is 19.3 Å². The van der Waals surface area contributed by atoms with E-state index in [9.17, 15) is 9.18 Å². The van der Waals surface area contributed by atoms with Crippen LogP contribution in [0.2, 0.25) is 0 Å². The van der Waals surface area contributed by atoms with E-state index in [4.69, 9.17) is 5.73 Å². The van der Waals surface area contributed by atoms with Crippen molar-refractivity contribution in [3.63, 3.8) is 0 Å². The first-order valence-corrected chi connectivity index (χ1v) is 7.08. The van der Waals surface area contributed by atoms with Crippen molar-refractivity contribution in [3.05, 3.63) is 29.6 Å². The first-order chi connectivity index (χ1) is 9.56. The van der Waals surface area contributed by atoms with E-state index in [1.54, 1.807) is 0 Å². The van der Waals surface area contributed by atoms with Crippen LogP contribution in [0, 0.1) is 11.7 Å². The number of carbonyl (C=O) groups excluding carboxylic acids is 1. The lowest BCUT2D eigenvalue weighted by molar-refractivity contribution is 0.0949. The monoisotopic (exact) mass is 279 g/mol. The zero-order valence-electron chi connectivity index (χ0n) is 11.9. The van der Waals surface area contributed by atoms with Gasteiger partial charge in [0.25, 0.3) is 5.91 Å². The van der Waals surface area contributed by atoms with Crippen LogP contribution in [0.15, 0.2) is 18.2 Å². The van der Waals surface area contributed by atoms with Gasteiger partial charge in [0.2, 0.25) is 0 Å². The molecule has 1 aromatic carbocycles. The number of piperidine rings is 1. The topological polar surface area (TPSA) is 58.4 Å². The standard InChI is InChI=1S/C15H22FN3O/c1-19-8-5-11(6-9-19)4-7-18-15(20)12-2-3-13(16)14(17)10-12/h2-3,10-11H,4-9,17H2,1H3,(H,18,20). The normalized spacial score (nSPS) is 17.1. The number of nitrogen functional groups attached to an aromatic ring is 1. The highest BCUT2D eigenvalue weighted by molar-refractivity contribution is 5.94. The van der Waals surface area contributed by atoms with E-state index in [1.807, 2.05) is 0 Å². The summed E-state index contributed by atoms with van der Waals surface area (Å²) >= 11 is 0. The lowest BCUT2D eigenvalue weighted by Crippen LogP contribution is -2.32. The quantitative estimate of drug-likeness (QED) is 0.827. The number of anilines is 1. The molecule has 20 heavy (non-hydrogen) atoms. The fourth-order valence-corrected chi connectivity index (χ4v) is 2.53. The molecule has 1 fully saturated rings. The number of nitrogens with two attached hydrogens (primary N) is 1. The molecule has 0 bridgehead atoms. The third-order valence-electron chi connectivity index (χ3n) is 3.93. The minimum Gasteiger partial charge on any atom is -0.396 e. The van der Waals surface area contributed by atoms with Crippen LogP contribution in [0.25, 0.3) is 0 Å². The van der Waals surface area contributed by atoms with Crippen molar-refractivity contribution >= 4 is 11.6 Å². The maximum atomic E-state index is 13.0. The van der Waals surface area contributed by atoms with E-state index < -0.39 is 5.82 Å². The van der Waals surface area contributed by atoms with Gasteiger partial charge in [-0.05, 0) is 63.5 Å². The molecular formula is C15H22FN3O. The lowest BCUT2D eigenvalue weighted by atomic mass is 9.94. The molecule has 0 saturated carbocycles. The molecule has 1 aromatic rings. The maximum absolute atomic E-state index is 13.0. The van der Waals surface area contributed by atoms with Crippen LogP contribution in [0.3, 0.4) is 0 Å². The van der Waals surface area contributed by atoms with Gasteiger partial charge in [0.15, 0.2) is 0 Å². The second kappa shape index (κ2) is 6.70. The molecule has 5 heteroatoms. The molecule has 1 heterocycles. The predicted molar refractivity (Wildman–Crippen MR) is 78.0 cm³/mol. The number of nitrogens with one attached hydrogen (secondary N) is 1. The van der Waals surface area contributed by atoms with Gasteiger partial charge in [-0.2, -0.15) is 0 Å². The molecule has 1 aliphatic heterocycles. The average Bonchev–Trinajstić information content (AvgIpc) is 2.44. The summed E-state index contributed by atoms with van der Waals surface area (Å²) < 4.78 is 13.0. The number of benzene rings is 1. The molecule has 0 aliphatic carbocycles. The molecule has 1 aliphatic rings. The van der Waals surface area contributed by atoms with E-state index in [2.05, 4.69) is 17.3 Å². The summed E-state index contributed by atoms with van der Waals surface area (Å²) in [5, 5.41) is 2.87. The summed E-state index contributed by atoms with van der Waals surface area (Å²) in [5.41, 5.74) is 5.87. The first-order valence-electron chi connectivity index (χ1n) is 7.08. The predicted octanol–water partition coefficient (Wildman–Crippen LogP) is 1.87. The van der Waals surface area contributed by atoms with E-state index in [1.165, 1.54) is 31.0 Å². The number of hydrogen-bond donors (Lipinski definition) is 2. The number of nitrogens with zero attached hydrogens (tertiary/aromatic N) is 1. The van der Waals surface area contributed by atoms with Crippen molar-refractivity contribution < 1.29 is 9.18 Å². The van der Waals surface area contributed by atoms with Crippen LogP contribution in [-0.2, 0) is 0 Å². The van der Waals surface area contributed by atoms with Gasteiger partial charge in [-0.15, -0.1) is 0 Å². The Bertz CT molecular complexity index is 470. The van der Waals surface area contributed by atoms with Gasteiger partial charge >= 0.3 is 0 Å². The molecular weight excluding hydrogens is 257 g/mol. The largest absolute Gasteiger partial charge is 0.396 e. The van der Waals surface area contributed by atoms with E-state index >= 15 is 0 Å². The van der Waals surface area contributed by atoms with Gasteiger partial charge in [0.1, 0.15) is 5.82 Å². The summed E-state index contributed by atoms with van der Waals surface area (Å²) in [7, 11) is 2.14. The number of likely N-dealkylation sites (tertiary alicyclic amines) is 1. The van der Waals surface area contributed by atoms with Gasteiger partial charge in [0, 0.05) is 12.1 Å². The number of hydrogen-bond acceptors (Lipinski definition) is 3. The third-order valence-corrected chi connectivity index (χ3v) is 3.93. The van der Waals surface area contributed by atoms with Crippen molar-refractivity contribution in [3.8, 4) is 0 Å². The Morgan fingerprint density at radius 2 is 2.15 bits per heavy atom. The highest BCUT2D eigenvalue weighted by atomic mass is 19.1. The minimum atomic E-state index is -0.493. The Morgan fingerprint density at radius 1 is 1.45 bits per heavy atom. The molecule has 110 valence electrons. The Morgan fingerprint density at radius 3 is 2.80 bits per heavy atom. The molecule has 0 aromatic heterocycles. The fraction of sp³-hybridized carbons (Fsp3) is 0.533. The van der Waals surface area contributed by atoms with Crippen LogP contribution in [-0.4, -0.2) is 37.5 Å². The number of halogens is 1. The molecule has 0 radical (unpaired) electrons. The first kappa shape index (κ1) is 14.8.